The standard InChI is InChI=1S/C19H33BrO3Si/c1-17(2,3)24(4,5)22-13-7-10-18-12-9-15(23-18)14-8-6-11-19(18,20)16(14)21/h9,12,14-16,21H,6-8,10-11,13H2,1-5H3/t14-,15-,16+,18+,19+/m0/s1. The van der Waals surface area contributed by atoms with E-state index in [-0.39, 0.29) is 33.1 Å². The van der Waals surface area contributed by atoms with Crippen molar-refractivity contribution in [1.82, 2.24) is 0 Å². The van der Waals surface area contributed by atoms with Gasteiger partial charge in [0.2, 0.25) is 0 Å². The van der Waals surface area contributed by atoms with Crippen LogP contribution in [0, 0.1) is 5.92 Å². The van der Waals surface area contributed by atoms with Gasteiger partial charge in [-0.2, -0.15) is 0 Å². The summed E-state index contributed by atoms with van der Waals surface area (Å²) < 4.78 is 12.5. The van der Waals surface area contributed by atoms with Crippen LogP contribution in [0.2, 0.25) is 18.1 Å². The van der Waals surface area contributed by atoms with Gasteiger partial charge in [0.15, 0.2) is 8.32 Å². The fourth-order valence-electron chi connectivity index (χ4n) is 4.31. The van der Waals surface area contributed by atoms with Gasteiger partial charge in [0.1, 0.15) is 5.60 Å². The van der Waals surface area contributed by atoms with Crippen molar-refractivity contribution < 1.29 is 14.3 Å². The van der Waals surface area contributed by atoms with Gasteiger partial charge in [0.25, 0.3) is 0 Å². The smallest absolute Gasteiger partial charge is 0.191 e. The van der Waals surface area contributed by atoms with E-state index >= 15 is 0 Å². The summed E-state index contributed by atoms with van der Waals surface area (Å²) in [4.78, 5) is 0. The Labute approximate surface area is 156 Å². The van der Waals surface area contributed by atoms with E-state index in [4.69, 9.17) is 9.16 Å². The van der Waals surface area contributed by atoms with Gasteiger partial charge in [-0.3, -0.25) is 0 Å². The first-order valence-corrected chi connectivity index (χ1v) is 13.1. The Balaban J connectivity index is 1.64. The molecule has 5 heteroatoms. The van der Waals surface area contributed by atoms with E-state index in [1.54, 1.807) is 0 Å². The molecule has 0 aromatic rings. The minimum atomic E-state index is -1.69. The Hall–Kier alpha value is 0.317. The molecule has 4 bridgehead atoms. The topological polar surface area (TPSA) is 38.7 Å². The zero-order valence-electron chi connectivity index (χ0n) is 15.8. The minimum Gasteiger partial charge on any atom is -0.417 e. The Morgan fingerprint density at radius 2 is 2.08 bits per heavy atom. The van der Waals surface area contributed by atoms with Crippen molar-refractivity contribution in [2.75, 3.05) is 6.61 Å². The van der Waals surface area contributed by atoms with Crippen LogP contribution in [0.15, 0.2) is 12.2 Å². The summed E-state index contributed by atoms with van der Waals surface area (Å²) in [5, 5.41) is 11.1. The molecule has 0 spiro atoms. The molecule has 3 aliphatic rings. The molecule has 3 rings (SSSR count). The lowest BCUT2D eigenvalue weighted by Crippen LogP contribution is -2.66. The highest BCUT2D eigenvalue weighted by atomic mass is 79.9. The molecule has 1 saturated carbocycles. The van der Waals surface area contributed by atoms with Crippen molar-refractivity contribution in [3.8, 4) is 0 Å². The molecule has 1 saturated heterocycles. The van der Waals surface area contributed by atoms with Gasteiger partial charge in [-0.15, -0.1) is 0 Å². The van der Waals surface area contributed by atoms with E-state index in [0.717, 1.165) is 38.7 Å². The van der Waals surface area contributed by atoms with Crippen LogP contribution in [0.1, 0.15) is 52.9 Å². The number of hydrogen-bond acceptors (Lipinski definition) is 3. The summed E-state index contributed by atoms with van der Waals surface area (Å²) in [7, 11) is -1.69. The van der Waals surface area contributed by atoms with E-state index in [9.17, 15) is 5.11 Å². The lowest BCUT2D eigenvalue weighted by molar-refractivity contribution is -0.182. The molecule has 0 aromatic carbocycles. The SMILES string of the molecule is CC(C)(C)[Si](C)(C)OCCC[C@]12C=C[C@H](O1)[C@@H]1CCC[C@@]2(Br)[C@@H]1O. The zero-order valence-corrected chi connectivity index (χ0v) is 18.4. The Morgan fingerprint density at radius 3 is 2.75 bits per heavy atom. The summed E-state index contributed by atoms with van der Waals surface area (Å²) in [5.74, 6) is 0.244. The maximum absolute atomic E-state index is 10.9. The predicted molar refractivity (Wildman–Crippen MR) is 104 cm³/mol. The zero-order chi connectivity index (χ0) is 17.8. The molecule has 2 heterocycles. The molecule has 2 aliphatic heterocycles. The summed E-state index contributed by atoms with van der Waals surface area (Å²) >= 11 is 3.93. The van der Waals surface area contributed by atoms with E-state index in [1.807, 2.05) is 0 Å². The van der Waals surface area contributed by atoms with Gasteiger partial charge in [0.05, 0.1) is 16.5 Å². The van der Waals surface area contributed by atoms with E-state index in [0.29, 0.717) is 0 Å². The highest BCUT2D eigenvalue weighted by Gasteiger charge is 2.64. The van der Waals surface area contributed by atoms with Crippen LogP contribution in [-0.4, -0.2) is 42.2 Å². The van der Waals surface area contributed by atoms with Crippen molar-refractivity contribution in [2.45, 2.75) is 93.1 Å². The van der Waals surface area contributed by atoms with Gasteiger partial charge in [0, 0.05) is 12.5 Å². The van der Waals surface area contributed by atoms with Crippen LogP contribution in [0.5, 0.6) is 0 Å². The van der Waals surface area contributed by atoms with Gasteiger partial charge in [-0.1, -0.05) is 55.3 Å². The molecule has 138 valence electrons. The quantitative estimate of drug-likeness (QED) is 0.303. The molecule has 24 heavy (non-hydrogen) atoms. The average Bonchev–Trinajstić information content (AvgIpc) is 2.89. The second-order valence-electron chi connectivity index (χ2n) is 9.41. The second-order valence-corrected chi connectivity index (χ2v) is 15.6. The number of alkyl halides is 1. The van der Waals surface area contributed by atoms with Gasteiger partial charge >= 0.3 is 0 Å². The molecule has 0 amide bonds. The van der Waals surface area contributed by atoms with Crippen molar-refractivity contribution in [2.24, 2.45) is 5.92 Å². The Bertz CT molecular complexity index is 515. The molecule has 0 unspecified atom stereocenters. The molecule has 5 atom stereocenters. The molecule has 0 aromatic heterocycles. The molecule has 1 N–H and O–H groups in total. The van der Waals surface area contributed by atoms with Crippen LogP contribution in [-0.2, 0) is 9.16 Å². The normalized spacial score (nSPS) is 41.7. The van der Waals surface area contributed by atoms with E-state index in [2.05, 4.69) is 61.9 Å². The van der Waals surface area contributed by atoms with Gasteiger partial charge in [-0.05, 0) is 43.8 Å². The fourth-order valence-corrected chi connectivity index (χ4v) is 6.44. The monoisotopic (exact) mass is 416 g/mol. The summed E-state index contributed by atoms with van der Waals surface area (Å²) in [6.45, 7) is 12.2. The predicted octanol–water partition coefficient (Wildman–Crippen LogP) is 4.79. The number of ether oxygens (including phenoxy) is 1. The molecule has 1 aliphatic carbocycles. The maximum Gasteiger partial charge on any atom is 0.191 e. The van der Waals surface area contributed by atoms with Crippen LogP contribution < -0.4 is 0 Å². The minimum absolute atomic E-state index is 0.0901. The number of aliphatic hydroxyl groups is 1. The lowest BCUT2D eigenvalue weighted by atomic mass is 9.67. The second kappa shape index (κ2) is 6.19. The number of aliphatic hydroxyl groups excluding tert-OH is 1. The number of hydrogen-bond donors (Lipinski definition) is 1. The maximum atomic E-state index is 10.9. The van der Waals surface area contributed by atoms with Crippen molar-refractivity contribution >= 4 is 24.2 Å². The third-order valence-electron chi connectivity index (χ3n) is 6.94. The van der Waals surface area contributed by atoms with E-state index in [1.165, 1.54) is 0 Å². The Morgan fingerprint density at radius 1 is 1.38 bits per heavy atom. The number of halogens is 1. The molecule has 3 nitrogen and oxygen atoms in total. The molecule has 0 radical (unpaired) electrons. The largest absolute Gasteiger partial charge is 0.417 e. The van der Waals surface area contributed by atoms with Crippen molar-refractivity contribution in [3.05, 3.63) is 12.2 Å². The first-order chi connectivity index (χ1) is 11.0. The van der Waals surface area contributed by atoms with Crippen LogP contribution >= 0.6 is 15.9 Å². The van der Waals surface area contributed by atoms with Crippen LogP contribution in [0.4, 0.5) is 0 Å². The summed E-state index contributed by atoms with van der Waals surface area (Å²) in [6.07, 6.45) is 9.27. The third kappa shape index (κ3) is 2.88. The lowest BCUT2D eigenvalue weighted by Gasteiger charge is -2.56. The average molecular weight is 417 g/mol. The molecular formula is C19H33BrO3Si. The highest BCUT2D eigenvalue weighted by Crippen LogP contribution is 2.58. The van der Waals surface area contributed by atoms with E-state index < -0.39 is 8.32 Å². The van der Waals surface area contributed by atoms with Crippen molar-refractivity contribution in [3.63, 3.8) is 0 Å². The Kier molecular flexibility index (Phi) is 4.92. The molecule has 2 fully saturated rings. The first-order valence-electron chi connectivity index (χ1n) is 9.41. The highest BCUT2D eigenvalue weighted by molar-refractivity contribution is 9.10. The van der Waals surface area contributed by atoms with Crippen LogP contribution in [0.25, 0.3) is 0 Å². The van der Waals surface area contributed by atoms with Crippen molar-refractivity contribution in [1.29, 1.82) is 0 Å². The fraction of sp³-hybridized carbons (Fsp3) is 0.895. The number of fused-ring (bicyclic) bond motifs is 6. The van der Waals surface area contributed by atoms with Crippen LogP contribution in [0.3, 0.4) is 0 Å². The summed E-state index contributed by atoms with van der Waals surface area (Å²) in [5.41, 5.74) is -0.370. The number of rotatable bonds is 5. The van der Waals surface area contributed by atoms with Gasteiger partial charge in [-0.25, -0.2) is 0 Å². The first kappa shape index (κ1) is 19.1. The molecular weight excluding hydrogens is 384 g/mol. The summed E-state index contributed by atoms with van der Waals surface area (Å²) in [6, 6.07) is 0. The third-order valence-corrected chi connectivity index (χ3v) is 13.0. The van der Waals surface area contributed by atoms with Gasteiger partial charge < -0.3 is 14.3 Å².